The van der Waals surface area contributed by atoms with Gasteiger partial charge in [-0.05, 0) is 49.1 Å². The number of nitrogens with two attached hydrogens (primary N) is 1. The Labute approximate surface area is 144 Å². The highest BCUT2D eigenvalue weighted by atomic mass is 32.1. The van der Waals surface area contributed by atoms with E-state index in [2.05, 4.69) is 0 Å². The van der Waals surface area contributed by atoms with Crippen molar-refractivity contribution in [2.45, 2.75) is 19.8 Å². The van der Waals surface area contributed by atoms with E-state index in [1.165, 1.54) is 23.5 Å². The smallest absolute Gasteiger partial charge is 0.263 e. The Morgan fingerprint density at radius 3 is 2.67 bits per heavy atom. The van der Waals surface area contributed by atoms with Crippen molar-refractivity contribution in [2.24, 2.45) is 11.7 Å². The van der Waals surface area contributed by atoms with E-state index in [9.17, 15) is 14.0 Å². The quantitative estimate of drug-likeness (QED) is 0.927. The van der Waals surface area contributed by atoms with Gasteiger partial charge < -0.3 is 10.6 Å². The first kappa shape index (κ1) is 16.6. The molecular weight excluding hydrogens is 327 g/mol. The molecule has 0 spiro atoms. The van der Waals surface area contributed by atoms with Crippen LogP contribution in [0.5, 0.6) is 0 Å². The van der Waals surface area contributed by atoms with Crippen molar-refractivity contribution < 1.29 is 14.0 Å². The van der Waals surface area contributed by atoms with E-state index in [-0.39, 0.29) is 23.5 Å². The standard InChI is InChI=1S/C18H19FN2O2S/c1-11-9-15(24-16(11)12-4-6-14(19)7-5-12)18(23)21-8-2-3-13(10-21)17(20)22/h4-7,9,13H,2-3,8,10H2,1H3,(H2,20,22)/t13-/m1/s1. The summed E-state index contributed by atoms with van der Waals surface area (Å²) in [5.41, 5.74) is 7.26. The molecule has 0 aliphatic carbocycles. The van der Waals surface area contributed by atoms with E-state index >= 15 is 0 Å². The number of rotatable bonds is 3. The fourth-order valence-corrected chi connectivity index (χ4v) is 4.17. The first-order chi connectivity index (χ1) is 11.5. The number of nitrogens with zero attached hydrogens (tertiary/aromatic N) is 1. The lowest BCUT2D eigenvalue weighted by Crippen LogP contribution is -2.43. The number of carbonyl (C=O) groups excluding carboxylic acids is 2. The minimum Gasteiger partial charge on any atom is -0.369 e. The predicted octanol–water partition coefficient (Wildman–Crippen LogP) is 3.20. The fourth-order valence-electron chi connectivity index (χ4n) is 3.03. The summed E-state index contributed by atoms with van der Waals surface area (Å²) in [6.45, 7) is 2.97. The molecule has 0 radical (unpaired) electrons. The lowest BCUT2D eigenvalue weighted by atomic mass is 9.97. The second kappa shape index (κ2) is 6.73. The summed E-state index contributed by atoms with van der Waals surface area (Å²) in [4.78, 5) is 27.4. The fraction of sp³-hybridized carbons (Fsp3) is 0.333. The first-order valence-electron chi connectivity index (χ1n) is 7.90. The Hall–Kier alpha value is -2.21. The van der Waals surface area contributed by atoms with Gasteiger partial charge in [0.25, 0.3) is 5.91 Å². The molecule has 6 heteroatoms. The molecule has 24 heavy (non-hydrogen) atoms. The second-order valence-corrected chi connectivity index (χ2v) is 7.17. The second-order valence-electron chi connectivity index (χ2n) is 6.12. The third kappa shape index (κ3) is 3.33. The molecule has 1 saturated heterocycles. The molecule has 1 aliphatic heterocycles. The van der Waals surface area contributed by atoms with E-state index in [1.807, 2.05) is 13.0 Å². The Bertz CT molecular complexity index is 770. The minimum absolute atomic E-state index is 0.0672. The number of primary amides is 1. The summed E-state index contributed by atoms with van der Waals surface area (Å²) in [5, 5.41) is 0. The van der Waals surface area contributed by atoms with Crippen LogP contribution in [0, 0.1) is 18.7 Å². The van der Waals surface area contributed by atoms with E-state index in [0.29, 0.717) is 18.0 Å². The van der Waals surface area contributed by atoms with Crippen molar-refractivity contribution >= 4 is 23.2 Å². The Kier molecular flexibility index (Phi) is 4.66. The van der Waals surface area contributed by atoms with E-state index in [1.54, 1.807) is 17.0 Å². The van der Waals surface area contributed by atoms with Crippen molar-refractivity contribution in [3.05, 3.63) is 46.6 Å². The van der Waals surface area contributed by atoms with Crippen molar-refractivity contribution in [1.29, 1.82) is 0 Å². The Morgan fingerprint density at radius 1 is 1.29 bits per heavy atom. The average Bonchev–Trinajstić information content (AvgIpc) is 2.97. The number of carbonyl (C=O) groups is 2. The maximum Gasteiger partial charge on any atom is 0.263 e. The molecule has 0 unspecified atom stereocenters. The van der Waals surface area contributed by atoms with E-state index in [0.717, 1.165) is 28.8 Å². The maximum absolute atomic E-state index is 13.1. The molecule has 2 heterocycles. The molecular formula is C18H19FN2O2S. The molecule has 2 N–H and O–H groups in total. The zero-order valence-corrected chi connectivity index (χ0v) is 14.2. The molecule has 3 rings (SSSR count). The lowest BCUT2D eigenvalue weighted by Gasteiger charge is -2.30. The van der Waals surface area contributed by atoms with Gasteiger partial charge in [0.15, 0.2) is 0 Å². The maximum atomic E-state index is 13.1. The van der Waals surface area contributed by atoms with Crippen molar-refractivity contribution in [3.63, 3.8) is 0 Å². The molecule has 1 aliphatic rings. The third-order valence-electron chi connectivity index (χ3n) is 4.35. The molecule has 4 nitrogen and oxygen atoms in total. The van der Waals surface area contributed by atoms with Gasteiger partial charge in [-0.3, -0.25) is 9.59 Å². The minimum atomic E-state index is -0.345. The van der Waals surface area contributed by atoms with Crippen molar-refractivity contribution in [1.82, 2.24) is 4.90 Å². The first-order valence-corrected chi connectivity index (χ1v) is 8.72. The zero-order valence-electron chi connectivity index (χ0n) is 13.4. The molecule has 2 aromatic rings. The topological polar surface area (TPSA) is 63.4 Å². The largest absolute Gasteiger partial charge is 0.369 e. The van der Waals surface area contributed by atoms with Crippen LogP contribution in [-0.2, 0) is 4.79 Å². The van der Waals surface area contributed by atoms with Gasteiger partial charge in [0.1, 0.15) is 5.82 Å². The van der Waals surface area contributed by atoms with Crippen LogP contribution in [0.4, 0.5) is 4.39 Å². The van der Waals surface area contributed by atoms with Gasteiger partial charge in [0, 0.05) is 18.0 Å². The van der Waals surface area contributed by atoms with Crippen LogP contribution in [0.1, 0.15) is 28.1 Å². The molecule has 1 aromatic heterocycles. The number of hydrogen-bond acceptors (Lipinski definition) is 3. The average molecular weight is 346 g/mol. The van der Waals surface area contributed by atoms with Crippen LogP contribution in [0.3, 0.4) is 0 Å². The number of thiophene rings is 1. The number of likely N-dealkylation sites (tertiary alicyclic amines) is 1. The molecule has 1 aromatic carbocycles. The number of piperidine rings is 1. The number of halogens is 1. The van der Waals surface area contributed by atoms with Crippen molar-refractivity contribution in [2.75, 3.05) is 13.1 Å². The van der Waals surface area contributed by atoms with Crippen LogP contribution in [-0.4, -0.2) is 29.8 Å². The Morgan fingerprint density at radius 2 is 2.00 bits per heavy atom. The third-order valence-corrected chi connectivity index (χ3v) is 5.62. The monoisotopic (exact) mass is 346 g/mol. The zero-order chi connectivity index (χ0) is 17.3. The number of amides is 2. The Balaban J connectivity index is 1.82. The summed E-state index contributed by atoms with van der Waals surface area (Å²) in [6.07, 6.45) is 1.53. The molecule has 1 atom stereocenters. The number of aryl methyl sites for hydroxylation is 1. The summed E-state index contributed by atoms with van der Waals surface area (Å²) in [5.74, 6) is -0.959. The number of hydrogen-bond donors (Lipinski definition) is 1. The lowest BCUT2D eigenvalue weighted by molar-refractivity contribution is -0.123. The summed E-state index contributed by atoms with van der Waals surface area (Å²) >= 11 is 1.40. The molecule has 0 bridgehead atoms. The van der Waals surface area contributed by atoms with Gasteiger partial charge >= 0.3 is 0 Å². The molecule has 126 valence electrons. The summed E-state index contributed by atoms with van der Waals surface area (Å²) in [7, 11) is 0. The van der Waals surface area contributed by atoms with E-state index in [4.69, 9.17) is 5.73 Å². The normalized spacial score (nSPS) is 17.8. The van der Waals surface area contributed by atoms with Gasteiger partial charge in [-0.2, -0.15) is 0 Å². The highest BCUT2D eigenvalue weighted by Gasteiger charge is 2.28. The summed E-state index contributed by atoms with van der Waals surface area (Å²) in [6, 6.07) is 8.12. The highest BCUT2D eigenvalue weighted by molar-refractivity contribution is 7.17. The molecule has 0 saturated carbocycles. The SMILES string of the molecule is Cc1cc(C(=O)N2CCC[C@@H](C(N)=O)C2)sc1-c1ccc(F)cc1. The van der Waals surface area contributed by atoms with E-state index < -0.39 is 0 Å². The highest BCUT2D eigenvalue weighted by Crippen LogP contribution is 2.33. The van der Waals surface area contributed by atoms with Gasteiger partial charge in [-0.15, -0.1) is 11.3 Å². The van der Waals surface area contributed by atoms with Crippen molar-refractivity contribution in [3.8, 4) is 10.4 Å². The molecule has 2 amide bonds. The molecule has 1 fully saturated rings. The van der Waals surface area contributed by atoms with Gasteiger partial charge in [0.2, 0.25) is 5.91 Å². The van der Waals surface area contributed by atoms with Gasteiger partial charge in [-0.25, -0.2) is 4.39 Å². The van der Waals surface area contributed by atoms with Crippen LogP contribution in [0.25, 0.3) is 10.4 Å². The van der Waals surface area contributed by atoms with Crippen LogP contribution in [0.2, 0.25) is 0 Å². The summed E-state index contributed by atoms with van der Waals surface area (Å²) < 4.78 is 13.1. The number of benzene rings is 1. The van der Waals surface area contributed by atoms with Gasteiger partial charge in [-0.1, -0.05) is 12.1 Å². The predicted molar refractivity (Wildman–Crippen MR) is 92.3 cm³/mol. The van der Waals surface area contributed by atoms with Crippen LogP contribution < -0.4 is 5.73 Å². The van der Waals surface area contributed by atoms with Gasteiger partial charge in [0.05, 0.1) is 10.8 Å². The van der Waals surface area contributed by atoms with Crippen LogP contribution >= 0.6 is 11.3 Å². The van der Waals surface area contributed by atoms with Crippen LogP contribution in [0.15, 0.2) is 30.3 Å².